The molecule has 1 unspecified atom stereocenters. The minimum absolute atomic E-state index is 0.207. The first-order chi connectivity index (χ1) is 13.2. The molecule has 0 amide bonds. The van der Waals surface area contributed by atoms with Gasteiger partial charge in [-0.05, 0) is 37.6 Å². The summed E-state index contributed by atoms with van der Waals surface area (Å²) >= 11 is 0. The molecule has 4 aromatic rings. The molecule has 0 saturated carbocycles. The average Bonchev–Trinajstić information content (AvgIpc) is 2.67. The van der Waals surface area contributed by atoms with Crippen molar-refractivity contribution in [2.75, 3.05) is 0 Å². The Morgan fingerprint density at radius 1 is 0.778 bits per heavy atom. The number of para-hydroxylation sites is 1. The molecule has 0 N–H and O–H groups in total. The number of aromatic nitrogens is 3. The first-order valence-corrected chi connectivity index (χ1v) is 9.06. The molecule has 2 aromatic heterocycles. The Kier molecular flexibility index (Phi) is 4.79. The van der Waals surface area contributed by atoms with Crippen molar-refractivity contribution in [3.05, 3.63) is 95.4 Å². The number of nitrogens with zero attached hydrogens (tertiary/aromatic N) is 3. The Balaban J connectivity index is 1.66. The predicted octanol–water partition coefficient (Wildman–Crippen LogP) is 5.00. The molecule has 134 valence electrons. The standard InChI is InChI=1S/C23H21N3O/c1-16-14-17(2)25-23(24-16)27-22(19-9-4-3-5-10-19)15-20-13-12-18-8-6-7-11-21(18)26-20/h3-14,22H,15H2,1-2H3. The molecule has 2 heterocycles. The van der Waals surface area contributed by atoms with Crippen molar-refractivity contribution in [2.45, 2.75) is 26.4 Å². The van der Waals surface area contributed by atoms with Crippen molar-refractivity contribution in [3.8, 4) is 6.01 Å². The summed E-state index contributed by atoms with van der Waals surface area (Å²) in [6.07, 6.45) is 0.437. The van der Waals surface area contributed by atoms with E-state index >= 15 is 0 Å². The molecule has 0 bridgehead atoms. The molecule has 0 saturated heterocycles. The van der Waals surface area contributed by atoms with Crippen LogP contribution in [0, 0.1) is 13.8 Å². The van der Waals surface area contributed by atoms with Crippen LogP contribution in [0.5, 0.6) is 6.01 Å². The first-order valence-electron chi connectivity index (χ1n) is 9.06. The maximum atomic E-state index is 6.22. The molecule has 0 aliphatic heterocycles. The fourth-order valence-corrected chi connectivity index (χ4v) is 3.18. The number of pyridine rings is 1. The van der Waals surface area contributed by atoms with E-state index < -0.39 is 0 Å². The van der Waals surface area contributed by atoms with E-state index in [0.717, 1.165) is 33.5 Å². The van der Waals surface area contributed by atoms with Crippen LogP contribution in [0.25, 0.3) is 10.9 Å². The highest BCUT2D eigenvalue weighted by molar-refractivity contribution is 5.78. The quantitative estimate of drug-likeness (QED) is 0.505. The number of fused-ring (bicyclic) bond motifs is 1. The van der Waals surface area contributed by atoms with Crippen LogP contribution in [0.15, 0.2) is 72.8 Å². The summed E-state index contributed by atoms with van der Waals surface area (Å²) in [4.78, 5) is 13.7. The average molecular weight is 355 g/mol. The van der Waals surface area contributed by atoms with Crippen molar-refractivity contribution < 1.29 is 4.74 Å². The Hall–Kier alpha value is -3.27. The van der Waals surface area contributed by atoms with Gasteiger partial charge in [-0.3, -0.25) is 4.98 Å². The van der Waals surface area contributed by atoms with E-state index in [9.17, 15) is 0 Å². The van der Waals surface area contributed by atoms with E-state index in [2.05, 4.69) is 40.3 Å². The summed E-state index contributed by atoms with van der Waals surface area (Å²) in [5, 5.41) is 1.14. The van der Waals surface area contributed by atoms with Crippen LogP contribution in [0.4, 0.5) is 0 Å². The lowest BCUT2D eigenvalue weighted by Gasteiger charge is -2.19. The summed E-state index contributed by atoms with van der Waals surface area (Å²) < 4.78 is 6.22. The SMILES string of the molecule is Cc1cc(C)nc(OC(Cc2ccc3ccccc3n2)c2ccccc2)n1. The van der Waals surface area contributed by atoms with Gasteiger partial charge in [0.2, 0.25) is 0 Å². The Morgan fingerprint density at radius 2 is 1.48 bits per heavy atom. The summed E-state index contributed by atoms with van der Waals surface area (Å²) in [6.45, 7) is 3.90. The maximum Gasteiger partial charge on any atom is 0.317 e. The summed E-state index contributed by atoms with van der Waals surface area (Å²) in [6, 6.07) is 24.8. The van der Waals surface area contributed by atoms with Crippen molar-refractivity contribution in [2.24, 2.45) is 0 Å². The number of rotatable bonds is 5. The molecule has 0 radical (unpaired) electrons. The number of ether oxygens (including phenoxy) is 1. The molecule has 1 atom stereocenters. The third kappa shape index (κ3) is 4.11. The highest BCUT2D eigenvalue weighted by atomic mass is 16.5. The van der Waals surface area contributed by atoms with E-state index in [1.165, 1.54) is 0 Å². The van der Waals surface area contributed by atoms with Crippen LogP contribution >= 0.6 is 0 Å². The highest BCUT2D eigenvalue weighted by Crippen LogP contribution is 2.24. The van der Waals surface area contributed by atoms with Gasteiger partial charge in [-0.15, -0.1) is 0 Å². The van der Waals surface area contributed by atoms with Gasteiger partial charge in [0.1, 0.15) is 6.10 Å². The van der Waals surface area contributed by atoms with E-state index in [-0.39, 0.29) is 6.10 Å². The summed E-state index contributed by atoms with van der Waals surface area (Å²) in [7, 11) is 0. The zero-order valence-corrected chi connectivity index (χ0v) is 15.5. The fraction of sp³-hybridized carbons (Fsp3) is 0.174. The summed E-state index contributed by atoms with van der Waals surface area (Å²) in [5.74, 6) is 0. The largest absolute Gasteiger partial charge is 0.455 e. The lowest BCUT2D eigenvalue weighted by Crippen LogP contribution is -2.14. The molecule has 0 aliphatic rings. The van der Waals surface area contributed by atoms with Gasteiger partial charge in [-0.1, -0.05) is 54.6 Å². The summed E-state index contributed by atoms with van der Waals surface area (Å²) in [5.41, 5.74) is 4.84. The minimum Gasteiger partial charge on any atom is -0.455 e. The van der Waals surface area contributed by atoms with Crippen LogP contribution < -0.4 is 4.74 Å². The van der Waals surface area contributed by atoms with Crippen LogP contribution in [-0.2, 0) is 6.42 Å². The van der Waals surface area contributed by atoms with Crippen molar-refractivity contribution >= 4 is 10.9 Å². The maximum absolute atomic E-state index is 6.22. The smallest absolute Gasteiger partial charge is 0.317 e. The van der Waals surface area contributed by atoms with Gasteiger partial charge >= 0.3 is 6.01 Å². The van der Waals surface area contributed by atoms with Crippen molar-refractivity contribution in [3.63, 3.8) is 0 Å². The number of benzene rings is 2. The van der Waals surface area contributed by atoms with Gasteiger partial charge in [-0.25, -0.2) is 9.97 Å². The molecule has 0 fully saturated rings. The van der Waals surface area contributed by atoms with Crippen LogP contribution in [0.1, 0.15) is 28.7 Å². The Labute approximate surface area is 158 Å². The highest BCUT2D eigenvalue weighted by Gasteiger charge is 2.17. The normalized spacial score (nSPS) is 12.1. The zero-order chi connectivity index (χ0) is 18.6. The molecular formula is C23H21N3O. The van der Waals surface area contributed by atoms with Gasteiger partial charge in [0.25, 0.3) is 0 Å². The van der Waals surface area contributed by atoms with Gasteiger partial charge < -0.3 is 4.74 Å². The molecule has 27 heavy (non-hydrogen) atoms. The second kappa shape index (κ2) is 7.54. The zero-order valence-electron chi connectivity index (χ0n) is 15.5. The molecule has 4 heteroatoms. The molecule has 2 aromatic carbocycles. The molecular weight excluding hydrogens is 334 g/mol. The second-order valence-electron chi connectivity index (χ2n) is 6.65. The van der Waals surface area contributed by atoms with Gasteiger partial charge in [-0.2, -0.15) is 0 Å². The van der Waals surface area contributed by atoms with Gasteiger partial charge in [0.15, 0.2) is 0 Å². The topological polar surface area (TPSA) is 47.9 Å². The van der Waals surface area contributed by atoms with Crippen molar-refractivity contribution in [1.29, 1.82) is 0 Å². The predicted molar refractivity (Wildman–Crippen MR) is 107 cm³/mol. The lowest BCUT2D eigenvalue weighted by atomic mass is 10.0. The molecule has 4 rings (SSSR count). The molecule has 4 nitrogen and oxygen atoms in total. The second-order valence-corrected chi connectivity index (χ2v) is 6.65. The fourth-order valence-electron chi connectivity index (χ4n) is 3.18. The van der Waals surface area contributed by atoms with Crippen molar-refractivity contribution in [1.82, 2.24) is 15.0 Å². The third-order valence-electron chi connectivity index (χ3n) is 4.43. The first kappa shape index (κ1) is 17.2. The van der Waals surface area contributed by atoms with E-state index in [0.29, 0.717) is 12.4 Å². The van der Waals surface area contributed by atoms with E-state index in [1.807, 2.05) is 56.3 Å². The monoisotopic (exact) mass is 355 g/mol. The number of hydrogen-bond acceptors (Lipinski definition) is 4. The minimum atomic E-state index is -0.207. The third-order valence-corrected chi connectivity index (χ3v) is 4.43. The van der Waals surface area contributed by atoms with Gasteiger partial charge in [0.05, 0.1) is 5.52 Å². The molecule has 0 spiro atoms. The van der Waals surface area contributed by atoms with Crippen LogP contribution in [0.3, 0.4) is 0 Å². The number of hydrogen-bond donors (Lipinski definition) is 0. The lowest BCUT2D eigenvalue weighted by molar-refractivity contribution is 0.186. The number of aryl methyl sites for hydroxylation is 2. The Bertz CT molecular complexity index is 1040. The molecule has 0 aliphatic carbocycles. The van der Waals surface area contributed by atoms with Gasteiger partial charge in [0, 0.05) is 28.9 Å². The van der Waals surface area contributed by atoms with E-state index in [4.69, 9.17) is 9.72 Å². The Morgan fingerprint density at radius 3 is 2.26 bits per heavy atom. The van der Waals surface area contributed by atoms with E-state index in [1.54, 1.807) is 0 Å². The van der Waals surface area contributed by atoms with Crippen LogP contribution in [0.2, 0.25) is 0 Å². The van der Waals surface area contributed by atoms with Crippen LogP contribution in [-0.4, -0.2) is 15.0 Å².